The minimum atomic E-state index is -4.29. The van der Waals surface area contributed by atoms with Gasteiger partial charge in [0.1, 0.15) is 19.3 Å². The number of esters is 1. The highest BCUT2D eigenvalue weighted by Gasteiger charge is 2.26. The molecule has 0 aliphatic carbocycles. The molecule has 0 aromatic rings. The molecule has 0 saturated heterocycles. The van der Waals surface area contributed by atoms with Crippen molar-refractivity contribution in [3.05, 3.63) is 72.9 Å². The summed E-state index contributed by atoms with van der Waals surface area (Å²) < 4.78 is 35.3. The Balaban J connectivity index is 4.09. The van der Waals surface area contributed by atoms with Crippen molar-refractivity contribution < 1.29 is 37.3 Å². The summed E-state index contributed by atoms with van der Waals surface area (Å²) in [5.74, 6) is -0.316. The molecule has 2 unspecified atom stereocenters. The standard InChI is InChI=1S/C60H110NO7P/c1-6-8-10-12-14-16-18-20-22-24-26-28-30-31-32-33-35-37-39-41-43-45-47-49-51-53-60(62)68-59(58-67-69(63,64)66-56-54-61(3,4)5)57-65-55-52-50-48-46-44-42-40-38-36-34-29-27-25-23-21-19-17-15-13-11-9-7-2/h8,10,14,16,19-22,25-28,59H,6-7,9,11-13,15,17-18,23-24,29-58H2,1-5H3/p+1/b10-8-,16-14-,21-19-,22-20-,27-25-,28-26-. The first-order valence-corrected chi connectivity index (χ1v) is 30.2. The van der Waals surface area contributed by atoms with Gasteiger partial charge in [0.15, 0.2) is 0 Å². The average molecular weight is 990 g/mol. The minimum absolute atomic E-state index is 0.0854. The third-order valence-corrected chi connectivity index (χ3v) is 13.2. The fraction of sp³-hybridized carbons (Fsp3) is 0.783. The van der Waals surface area contributed by atoms with E-state index in [1.807, 2.05) is 21.1 Å². The van der Waals surface area contributed by atoms with E-state index in [1.165, 1.54) is 161 Å². The quantitative estimate of drug-likeness (QED) is 0.0213. The third-order valence-electron chi connectivity index (χ3n) is 12.3. The van der Waals surface area contributed by atoms with Crippen LogP contribution in [0.4, 0.5) is 0 Å². The van der Waals surface area contributed by atoms with Gasteiger partial charge in [0.2, 0.25) is 0 Å². The number of phosphoric acid groups is 1. The predicted molar refractivity (Wildman–Crippen MR) is 298 cm³/mol. The Kier molecular flexibility index (Phi) is 50.7. The Bertz CT molecular complexity index is 1330. The first-order chi connectivity index (χ1) is 33.6. The number of hydrogen-bond donors (Lipinski definition) is 1. The first kappa shape index (κ1) is 66.9. The molecule has 0 aromatic carbocycles. The highest BCUT2D eigenvalue weighted by atomic mass is 31.2. The molecule has 9 heteroatoms. The number of carbonyl (C=O) groups is 1. The second-order valence-corrected chi connectivity index (χ2v) is 21.7. The summed E-state index contributed by atoms with van der Waals surface area (Å²) in [5, 5.41) is 0. The van der Waals surface area contributed by atoms with E-state index in [1.54, 1.807) is 0 Å². The van der Waals surface area contributed by atoms with Crippen molar-refractivity contribution in [3.63, 3.8) is 0 Å². The lowest BCUT2D eigenvalue weighted by atomic mass is 10.0. The number of allylic oxidation sites excluding steroid dienone is 12. The first-order valence-electron chi connectivity index (χ1n) is 28.7. The predicted octanol–water partition coefficient (Wildman–Crippen LogP) is 18.2. The molecule has 0 heterocycles. The van der Waals surface area contributed by atoms with Gasteiger partial charge in [0.05, 0.1) is 34.4 Å². The zero-order valence-electron chi connectivity index (χ0n) is 45.8. The number of hydrogen-bond acceptors (Lipinski definition) is 6. The van der Waals surface area contributed by atoms with Crippen LogP contribution in [-0.2, 0) is 27.9 Å². The van der Waals surface area contributed by atoms with Gasteiger partial charge in [0.25, 0.3) is 0 Å². The van der Waals surface area contributed by atoms with Gasteiger partial charge in [-0.15, -0.1) is 0 Å². The van der Waals surface area contributed by atoms with E-state index >= 15 is 0 Å². The van der Waals surface area contributed by atoms with Crippen LogP contribution < -0.4 is 0 Å². The smallest absolute Gasteiger partial charge is 0.457 e. The average Bonchev–Trinajstić information content (AvgIpc) is 3.31. The molecule has 0 amide bonds. The van der Waals surface area contributed by atoms with E-state index in [9.17, 15) is 14.3 Å². The molecule has 0 rings (SSSR count). The molecule has 0 spiro atoms. The number of rotatable bonds is 53. The monoisotopic (exact) mass is 989 g/mol. The summed E-state index contributed by atoms with van der Waals surface area (Å²) in [6.07, 6.45) is 69.6. The second kappa shape index (κ2) is 52.3. The van der Waals surface area contributed by atoms with Gasteiger partial charge in [-0.05, 0) is 83.5 Å². The van der Waals surface area contributed by atoms with Crippen LogP contribution in [0.1, 0.15) is 245 Å². The lowest BCUT2D eigenvalue weighted by Crippen LogP contribution is -2.37. The van der Waals surface area contributed by atoms with Crippen molar-refractivity contribution in [3.8, 4) is 0 Å². The highest BCUT2D eigenvalue weighted by molar-refractivity contribution is 7.47. The summed E-state index contributed by atoms with van der Waals surface area (Å²) in [4.78, 5) is 23.1. The SMILES string of the molecule is CC/C=C\C/C=C\C/C=C\C/C=C\CCCCCCCCCCCCCCC(=O)OC(COCCCCCCCCCCCC/C=C\C/C=C\CCCCCCC)COP(=O)(O)OCC[N+](C)(C)C. The van der Waals surface area contributed by atoms with E-state index in [0.717, 1.165) is 64.2 Å². The van der Waals surface area contributed by atoms with Crippen molar-refractivity contribution in [2.75, 3.05) is 54.1 Å². The van der Waals surface area contributed by atoms with Crippen LogP contribution in [0.5, 0.6) is 0 Å². The third kappa shape index (κ3) is 56.7. The van der Waals surface area contributed by atoms with Gasteiger partial charge in [-0.25, -0.2) is 4.57 Å². The van der Waals surface area contributed by atoms with Crippen molar-refractivity contribution >= 4 is 13.8 Å². The summed E-state index contributed by atoms with van der Waals surface area (Å²) in [6.45, 7) is 5.52. The molecular formula is C60H111NO7P+. The minimum Gasteiger partial charge on any atom is -0.457 e. The van der Waals surface area contributed by atoms with Crippen LogP contribution in [0.3, 0.4) is 0 Å². The molecule has 402 valence electrons. The van der Waals surface area contributed by atoms with Crippen LogP contribution in [-0.4, -0.2) is 75.6 Å². The maximum absolute atomic E-state index is 12.8. The van der Waals surface area contributed by atoms with E-state index in [2.05, 4.69) is 86.8 Å². The van der Waals surface area contributed by atoms with Gasteiger partial charge in [0, 0.05) is 13.0 Å². The van der Waals surface area contributed by atoms with Gasteiger partial charge >= 0.3 is 13.8 Å². The number of unbranched alkanes of at least 4 members (excludes halogenated alkanes) is 27. The summed E-state index contributed by atoms with van der Waals surface area (Å²) >= 11 is 0. The normalized spacial score (nSPS) is 14.0. The molecule has 2 atom stereocenters. The summed E-state index contributed by atoms with van der Waals surface area (Å²) in [5.41, 5.74) is 0. The molecule has 0 aliphatic heterocycles. The number of quaternary nitrogens is 1. The van der Waals surface area contributed by atoms with Crippen molar-refractivity contribution in [1.82, 2.24) is 0 Å². The van der Waals surface area contributed by atoms with Crippen LogP contribution in [0.25, 0.3) is 0 Å². The van der Waals surface area contributed by atoms with Crippen molar-refractivity contribution in [2.24, 2.45) is 0 Å². The Labute approximate surface area is 427 Å². The molecule has 0 saturated carbocycles. The van der Waals surface area contributed by atoms with E-state index in [-0.39, 0.29) is 25.8 Å². The van der Waals surface area contributed by atoms with Gasteiger partial charge in [-0.3, -0.25) is 13.8 Å². The van der Waals surface area contributed by atoms with Gasteiger partial charge < -0.3 is 18.9 Å². The molecule has 0 radical (unpaired) electrons. The zero-order chi connectivity index (χ0) is 50.5. The Morgan fingerprint density at radius 2 is 0.841 bits per heavy atom. The topological polar surface area (TPSA) is 91.3 Å². The lowest BCUT2D eigenvalue weighted by Gasteiger charge is -2.24. The Morgan fingerprint density at radius 1 is 0.464 bits per heavy atom. The summed E-state index contributed by atoms with van der Waals surface area (Å²) in [6, 6.07) is 0. The fourth-order valence-corrected chi connectivity index (χ4v) is 8.61. The van der Waals surface area contributed by atoms with E-state index in [4.69, 9.17) is 18.5 Å². The van der Waals surface area contributed by atoms with Crippen molar-refractivity contribution in [2.45, 2.75) is 251 Å². The Hall–Kier alpha value is -2.06. The number of likely N-dealkylation sites (N-methyl/N-ethyl adjacent to an activating group) is 1. The van der Waals surface area contributed by atoms with Crippen molar-refractivity contribution in [1.29, 1.82) is 0 Å². The lowest BCUT2D eigenvalue weighted by molar-refractivity contribution is -0.870. The van der Waals surface area contributed by atoms with Crippen LogP contribution in [0, 0.1) is 0 Å². The second-order valence-electron chi connectivity index (χ2n) is 20.3. The van der Waals surface area contributed by atoms with E-state index in [0.29, 0.717) is 24.1 Å². The maximum Gasteiger partial charge on any atom is 0.472 e. The molecular weight excluding hydrogens is 878 g/mol. The van der Waals surface area contributed by atoms with Crippen LogP contribution in [0.15, 0.2) is 72.9 Å². The van der Waals surface area contributed by atoms with Crippen LogP contribution >= 0.6 is 7.82 Å². The molecule has 0 bridgehead atoms. The highest BCUT2D eigenvalue weighted by Crippen LogP contribution is 2.43. The molecule has 8 nitrogen and oxygen atoms in total. The summed E-state index contributed by atoms with van der Waals surface area (Å²) in [7, 11) is 1.66. The zero-order valence-corrected chi connectivity index (χ0v) is 46.7. The molecule has 0 fully saturated rings. The Morgan fingerprint density at radius 3 is 1.26 bits per heavy atom. The van der Waals surface area contributed by atoms with Gasteiger partial charge in [-0.2, -0.15) is 0 Å². The number of nitrogens with zero attached hydrogens (tertiary/aromatic N) is 1. The maximum atomic E-state index is 12.8. The van der Waals surface area contributed by atoms with E-state index < -0.39 is 13.9 Å². The molecule has 0 aliphatic rings. The van der Waals surface area contributed by atoms with Gasteiger partial charge in [-0.1, -0.05) is 228 Å². The molecule has 0 aromatic heterocycles. The largest absolute Gasteiger partial charge is 0.472 e. The molecule has 1 N–H and O–H groups in total. The number of ether oxygens (including phenoxy) is 2. The number of phosphoric ester groups is 1. The molecule has 69 heavy (non-hydrogen) atoms. The fourth-order valence-electron chi connectivity index (χ4n) is 7.87. The number of carbonyl (C=O) groups excluding carboxylic acids is 1. The van der Waals surface area contributed by atoms with Crippen LogP contribution in [0.2, 0.25) is 0 Å².